The predicted octanol–water partition coefficient (Wildman–Crippen LogP) is 4.21. The Morgan fingerprint density at radius 2 is 1.54 bits per heavy atom. The van der Waals surface area contributed by atoms with E-state index in [1.54, 1.807) is 16.7 Å². The van der Waals surface area contributed by atoms with Crippen LogP contribution in [0.3, 0.4) is 0 Å². The van der Waals surface area contributed by atoms with Gasteiger partial charge in [0.25, 0.3) is 0 Å². The van der Waals surface area contributed by atoms with Crippen LogP contribution in [0.4, 0.5) is 0 Å². The van der Waals surface area contributed by atoms with Gasteiger partial charge in [-0.25, -0.2) is 0 Å². The van der Waals surface area contributed by atoms with Gasteiger partial charge < -0.3 is 14.0 Å². The molecule has 8 heteroatoms. The Kier molecular flexibility index (Phi) is 7.60. The minimum absolute atomic E-state index is 0.132. The third kappa shape index (κ3) is 4.55. The summed E-state index contributed by atoms with van der Waals surface area (Å²) in [7, 11) is 2.44. The summed E-state index contributed by atoms with van der Waals surface area (Å²) in [5.74, 6) is -2.54. The van der Waals surface area contributed by atoms with E-state index >= 15 is 0 Å². The maximum Gasteiger partial charge on any atom is 0.320 e. The van der Waals surface area contributed by atoms with E-state index in [0.717, 1.165) is 15.6 Å². The first-order valence-corrected chi connectivity index (χ1v) is 10.1. The van der Waals surface area contributed by atoms with Crippen molar-refractivity contribution in [3.8, 4) is 0 Å². The van der Waals surface area contributed by atoms with Crippen molar-refractivity contribution in [2.45, 2.75) is 26.8 Å². The first-order valence-electron chi connectivity index (χ1n) is 8.54. The quantitative estimate of drug-likeness (QED) is 0.314. The van der Waals surface area contributed by atoms with Crippen molar-refractivity contribution in [2.75, 3.05) is 14.2 Å². The number of halogens is 2. The molecule has 0 saturated carbocycles. The summed E-state index contributed by atoms with van der Waals surface area (Å²) < 4.78 is 12.6. The molecular weight excluding hydrogens is 494 g/mol. The molecule has 0 amide bonds. The van der Waals surface area contributed by atoms with Crippen LogP contribution in [0, 0.1) is 19.8 Å². The Hall–Kier alpha value is -1.93. The van der Waals surface area contributed by atoms with Crippen molar-refractivity contribution in [3.05, 3.63) is 55.7 Å². The van der Waals surface area contributed by atoms with Gasteiger partial charge in [-0.3, -0.25) is 14.4 Å². The molecule has 0 radical (unpaired) electrons. The van der Waals surface area contributed by atoms with E-state index in [1.165, 1.54) is 14.2 Å². The fourth-order valence-electron chi connectivity index (χ4n) is 2.90. The Bertz CT molecular complexity index is 886. The fraction of sp³-hybridized carbons (Fsp3) is 0.350. The molecule has 1 aromatic carbocycles. The van der Waals surface area contributed by atoms with Gasteiger partial charge in [0.1, 0.15) is 0 Å². The lowest BCUT2D eigenvalue weighted by Gasteiger charge is -2.15. The molecule has 2 rings (SSSR count). The summed E-state index contributed by atoms with van der Waals surface area (Å²) in [6.07, 6.45) is 0.132. The van der Waals surface area contributed by atoms with Crippen LogP contribution in [0.5, 0.6) is 0 Å². The number of esters is 2. The summed E-state index contributed by atoms with van der Waals surface area (Å²) in [5, 5.41) is 0. The second kappa shape index (κ2) is 9.52. The van der Waals surface area contributed by atoms with Crippen molar-refractivity contribution in [1.29, 1.82) is 0 Å². The van der Waals surface area contributed by atoms with Gasteiger partial charge in [-0.05, 0) is 57.7 Å². The minimum atomic E-state index is -1.06. The molecular formula is C20H21Br2NO5. The number of ketones is 1. The van der Waals surface area contributed by atoms with Crippen LogP contribution in [-0.2, 0) is 25.6 Å². The van der Waals surface area contributed by atoms with Gasteiger partial charge in [0.15, 0.2) is 5.92 Å². The van der Waals surface area contributed by atoms with Crippen LogP contribution < -0.4 is 0 Å². The zero-order chi connectivity index (χ0) is 21.0. The molecule has 0 bridgehead atoms. The fourth-order valence-corrected chi connectivity index (χ4v) is 3.95. The lowest BCUT2D eigenvalue weighted by molar-refractivity contribution is -0.159. The Balaban J connectivity index is 2.40. The molecule has 1 heterocycles. The number of methoxy groups -OCH3 is 2. The third-order valence-electron chi connectivity index (χ3n) is 4.51. The van der Waals surface area contributed by atoms with Gasteiger partial charge in [0.05, 0.1) is 29.0 Å². The molecule has 2 aromatic rings. The maximum atomic E-state index is 13.1. The molecule has 0 aliphatic heterocycles. The number of ether oxygens (including phenoxy) is 2. The minimum Gasteiger partial charge on any atom is -0.468 e. The average Bonchev–Trinajstić information content (AvgIpc) is 2.91. The molecule has 0 aliphatic rings. The van der Waals surface area contributed by atoms with Gasteiger partial charge in [0.2, 0.25) is 5.78 Å². The van der Waals surface area contributed by atoms with Crippen LogP contribution >= 0.6 is 31.9 Å². The van der Waals surface area contributed by atoms with Crippen molar-refractivity contribution in [3.63, 3.8) is 0 Å². The summed E-state index contributed by atoms with van der Waals surface area (Å²) in [4.78, 5) is 37.0. The maximum absolute atomic E-state index is 13.1. The van der Waals surface area contributed by atoms with Gasteiger partial charge in [-0.1, -0.05) is 29.8 Å². The number of carbonyl (C=O) groups excluding carboxylic acids is 3. The largest absolute Gasteiger partial charge is 0.468 e. The smallest absolute Gasteiger partial charge is 0.320 e. The van der Waals surface area contributed by atoms with E-state index in [9.17, 15) is 14.4 Å². The van der Waals surface area contributed by atoms with E-state index in [4.69, 9.17) is 9.47 Å². The van der Waals surface area contributed by atoms with Gasteiger partial charge >= 0.3 is 11.9 Å². The highest BCUT2D eigenvalue weighted by atomic mass is 79.9. The molecule has 0 aliphatic carbocycles. The van der Waals surface area contributed by atoms with Crippen LogP contribution in [0.25, 0.3) is 0 Å². The predicted molar refractivity (Wildman–Crippen MR) is 111 cm³/mol. The lowest BCUT2D eigenvalue weighted by Crippen LogP contribution is -2.28. The zero-order valence-electron chi connectivity index (χ0n) is 16.0. The molecule has 0 N–H and O–H groups in total. The molecule has 0 fully saturated rings. The number of aryl methyl sites for hydroxylation is 1. The second-order valence-corrected chi connectivity index (χ2v) is 7.86. The van der Waals surface area contributed by atoms with E-state index in [2.05, 4.69) is 31.9 Å². The summed E-state index contributed by atoms with van der Waals surface area (Å²) in [5.41, 5.74) is 2.87. The Labute approximate surface area is 180 Å². The molecule has 28 heavy (non-hydrogen) atoms. The van der Waals surface area contributed by atoms with Crippen LogP contribution in [0.1, 0.15) is 33.6 Å². The number of benzene rings is 1. The first-order chi connectivity index (χ1) is 13.2. The van der Waals surface area contributed by atoms with Crippen molar-refractivity contribution in [2.24, 2.45) is 5.92 Å². The number of nitrogens with zero attached hydrogens (tertiary/aromatic N) is 1. The summed E-state index contributed by atoms with van der Waals surface area (Å²) >= 11 is 6.99. The van der Waals surface area contributed by atoms with E-state index in [1.807, 2.05) is 26.0 Å². The summed E-state index contributed by atoms with van der Waals surface area (Å²) in [6.45, 7) is 4.04. The number of hydrogen-bond acceptors (Lipinski definition) is 5. The SMILES string of the molecule is COC(=O)C(CCn1c(Br)c(Br)c(C)c1C(=O)c1ccc(C)cc1)C(=O)OC. The Morgan fingerprint density at radius 3 is 2.04 bits per heavy atom. The number of hydrogen-bond donors (Lipinski definition) is 0. The first kappa shape index (κ1) is 22.4. The van der Waals surface area contributed by atoms with Crippen LogP contribution in [0.15, 0.2) is 33.3 Å². The highest BCUT2D eigenvalue weighted by molar-refractivity contribution is 9.13. The number of carbonyl (C=O) groups is 3. The molecule has 0 spiro atoms. The van der Waals surface area contributed by atoms with Gasteiger partial charge in [-0.2, -0.15) is 0 Å². The van der Waals surface area contributed by atoms with Crippen LogP contribution in [0.2, 0.25) is 0 Å². The normalized spacial score (nSPS) is 10.8. The zero-order valence-corrected chi connectivity index (χ0v) is 19.2. The molecule has 0 atom stereocenters. The highest BCUT2D eigenvalue weighted by Crippen LogP contribution is 2.34. The van der Waals surface area contributed by atoms with Gasteiger partial charge in [0, 0.05) is 12.1 Å². The van der Waals surface area contributed by atoms with E-state index in [-0.39, 0.29) is 18.7 Å². The van der Waals surface area contributed by atoms with E-state index in [0.29, 0.717) is 15.9 Å². The molecule has 0 saturated heterocycles. The Morgan fingerprint density at radius 1 is 1.00 bits per heavy atom. The molecule has 6 nitrogen and oxygen atoms in total. The average molecular weight is 515 g/mol. The topological polar surface area (TPSA) is 74.6 Å². The van der Waals surface area contributed by atoms with Crippen LogP contribution in [-0.4, -0.2) is 36.5 Å². The highest BCUT2D eigenvalue weighted by Gasteiger charge is 2.30. The monoisotopic (exact) mass is 513 g/mol. The van der Waals surface area contributed by atoms with Crippen molar-refractivity contribution in [1.82, 2.24) is 4.57 Å². The van der Waals surface area contributed by atoms with Crippen molar-refractivity contribution < 1.29 is 23.9 Å². The molecule has 0 unspecified atom stereocenters. The van der Waals surface area contributed by atoms with E-state index < -0.39 is 17.9 Å². The lowest BCUT2D eigenvalue weighted by atomic mass is 10.0. The number of rotatable bonds is 7. The second-order valence-electron chi connectivity index (χ2n) is 6.31. The molecule has 150 valence electrons. The third-order valence-corrected chi connectivity index (χ3v) is 6.84. The number of aromatic nitrogens is 1. The van der Waals surface area contributed by atoms with Crippen molar-refractivity contribution >= 4 is 49.6 Å². The standard InChI is InChI=1S/C20H21Br2NO5/c1-11-5-7-13(8-6-11)17(24)16-12(2)15(21)18(22)23(16)10-9-14(19(25)27-3)20(26)28-4/h5-8,14H,9-10H2,1-4H3. The van der Waals surface area contributed by atoms with Gasteiger partial charge in [-0.15, -0.1) is 0 Å². The summed E-state index contributed by atoms with van der Waals surface area (Å²) in [6, 6.07) is 7.32. The molecule has 1 aromatic heterocycles.